The van der Waals surface area contributed by atoms with E-state index in [1.807, 2.05) is 12.1 Å². The van der Waals surface area contributed by atoms with Crippen molar-refractivity contribution in [2.24, 2.45) is 5.41 Å². The second kappa shape index (κ2) is 5.43. The van der Waals surface area contributed by atoms with Crippen LogP contribution in [0.2, 0.25) is 5.02 Å². The van der Waals surface area contributed by atoms with Crippen molar-refractivity contribution in [1.82, 2.24) is 9.80 Å². The molecular formula is C16H23ClN2. The maximum atomic E-state index is 5.94. The first kappa shape index (κ1) is 13.4. The number of rotatable bonds is 2. The maximum absolute atomic E-state index is 5.94. The van der Waals surface area contributed by atoms with Crippen LogP contribution in [0, 0.1) is 5.41 Å². The Hall–Kier alpha value is -0.570. The van der Waals surface area contributed by atoms with Gasteiger partial charge in [0, 0.05) is 24.7 Å². The van der Waals surface area contributed by atoms with E-state index in [-0.39, 0.29) is 0 Å². The fourth-order valence-electron chi connectivity index (χ4n) is 3.80. The minimum atomic E-state index is 0.569. The number of hydrogen-bond donors (Lipinski definition) is 0. The van der Waals surface area contributed by atoms with Crippen LogP contribution in [0.15, 0.2) is 24.3 Å². The maximum Gasteiger partial charge on any atom is 0.0406 e. The lowest BCUT2D eigenvalue weighted by Gasteiger charge is -2.38. The molecule has 2 heterocycles. The molecule has 0 radical (unpaired) electrons. The summed E-state index contributed by atoms with van der Waals surface area (Å²) >= 11 is 5.94. The number of piperidine rings is 1. The zero-order chi connectivity index (χ0) is 13.3. The molecule has 0 N–H and O–H groups in total. The molecule has 2 fully saturated rings. The van der Waals surface area contributed by atoms with E-state index in [0.717, 1.165) is 11.6 Å². The summed E-state index contributed by atoms with van der Waals surface area (Å²) in [7, 11) is 2.27. The lowest BCUT2D eigenvalue weighted by atomic mass is 9.79. The molecule has 2 nitrogen and oxygen atoms in total. The summed E-state index contributed by atoms with van der Waals surface area (Å²) in [4.78, 5) is 5.12. The Morgan fingerprint density at radius 1 is 1.11 bits per heavy atom. The molecule has 1 aromatic rings. The van der Waals surface area contributed by atoms with E-state index in [1.165, 1.54) is 51.0 Å². The molecule has 1 unspecified atom stereocenters. The quantitative estimate of drug-likeness (QED) is 0.819. The highest BCUT2D eigenvalue weighted by Crippen LogP contribution is 2.38. The van der Waals surface area contributed by atoms with Gasteiger partial charge < -0.3 is 4.90 Å². The van der Waals surface area contributed by atoms with Crippen LogP contribution in [0.4, 0.5) is 0 Å². The minimum Gasteiger partial charge on any atom is -0.306 e. The Balaban J connectivity index is 1.61. The van der Waals surface area contributed by atoms with Crippen LogP contribution >= 0.6 is 11.6 Å². The van der Waals surface area contributed by atoms with Gasteiger partial charge in [-0.15, -0.1) is 0 Å². The highest BCUT2D eigenvalue weighted by molar-refractivity contribution is 6.30. The third kappa shape index (κ3) is 3.13. The van der Waals surface area contributed by atoms with Crippen LogP contribution in [0.3, 0.4) is 0 Å². The van der Waals surface area contributed by atoms with Crippen molar-refractivity contribution in [2.45, 2.75) is 25.8 Å². The fourth-order valence-corrected chi connectivity index (χ4v) is 3.92. The van der Waals surface area contributed by atoms with Crippen molar-refractivity contribution < 1.29 is 0 Å². The van der Waals surface area contributed by atoms with Crippen LogP contribution < -0.4 is 0 Å². The molecule has 3 heteroatoms. The van der Waals surface area contributed by atoms with E-state index in [9.17, 15) is 0 Å². The highest BCUT2D eigenvalue weighted by Gasteiger charge is 2.40. The average molecular weight is 279 g/mol. The molecule has 1 atom stereocenters. The molecule has 2 aliphatic rings. The largest absolute Gasteiger partial charge is 0.306 e. The van der Waals surface area contributed by atoms with Crippen LogP contribution in [0.5, 0.6) is 0 Å². The summed E-state index contributed by atoms with van der Waals surface area (Å²) in [5.74, 6) is 0. The van der Waals surface area contributed by atoms with Gasteiger partial charge in [0.1, 0.15) is 0 Å². The highest BCUT2D eigenvalue weighted by atomic mass is 35.5. The molecule has 1 aromatic carbocycles. The van der Waals surface area contributed by atoms with Crippen molar-refractivity contribution >= 4 is 11.6 Å². The number of hydrogen-bond acceptors (Lipinski definition) is 2. The first-order valence-electron chi connectivity index (χ1n) is 7.31. The Morgan fingerprint density at radius 3 is 2.63 bits per heavy atom. The van der Waals surface area contributed by atoms with Gasteiger partial charge in [-0.2, -0.15) is 0 Å². The lowest BCUT2D eigenvalue weighted by molar-refractivity contribution is 0.112. The van der Waals surface area contributed by atoms with Gasteiger partial charge in [0.15, 0.2) is 0 Å². The van der Waals surface area contributed by atoms with E-state index >= 15 is 0 Å². The first-order valence-corrected chi connectivity index (χ1v) is 7.68. The molecule has 104 valence electrons. The summed E-state index contributed by atoms with van der Waals surface area (Å²) in [5.41, 5.74) is 1.95. The predicted molar refractivity (Wildman–Crippen MR) is 80.5 cm³/mol. The number of nitrogens with zero attached hydrogens (tertiary/aromatic N) is 2. The monoisotopic (exact) mass is 278 g/mol. The van der Waals surface area contributed by atoms with Crippen molar-refractivity contribution in [3.05, 3.63) is 34.9 Å². The van der Waals surface area contributed by atoms with Crippen LogP contribution in [-0.2, 0) is 6.54 Å². The second-order valence-corrected chi connectivity index (χ2v) is 6.86. The van der Waals surface area contributed by atoms with E-state index in [2.05, 4.69) is 29.0 Å². The van der Waals surface area contributed by atoms with Crippen molar-refractivity contribution in [3.63, 3.8) is 0 Å². The van der Waals surface area contributed by atoms with E-state index in [4.69, 9.17) is 11.6 Å². The lowest BCUT2D eigenvalue weighted by Crippen LogP contribution is -2.42. The Kier molecular flexibility index (Phi) is 3.84. The molecular weight excluding hydrogens is 256 g/mol. The van der Waals surface area contributed by atoms with Crippen molar-refractivity contribution in [1.29, 1.82) is 0 Å². The topological polar surface area (TPSA) is 6.48 Å². The van der Waals surface area contributed by atoms with Crippen molar-refractivity contribution in [2.75, 3.05) is 33.2 Å². The van der Waals surface area contributed by atoms with Crippen LogP contribution in [0.25, 0.3) is 0 Å². The summed E-state index contributed by atoms with van der Waals surface area (Å²) in [5, 5.41) is 0.829. The summed E-state index contributed by atoms with van der Waals surface area (Å²) < 4.78 is 0. The van der Waals surface area contributed by atoms with Gasteiger partial charge in [-0.05, 0) is 62.5 Å². The van der Waals surface area contributed by atoms with Gasteiger partial charge in [-0.3, -0.25) is 4.90 Å². The molecule has 1 spiro atoms. The van der Waals surface area contributed by atoms with Gasteiger partial charge >= 0.3 is 0 Å². The zero-order valence-corrected chi connectivity index (χ0v) is 12.5. The molecule has 0 aliphatic carbocycles. The van der Waals surface area contributed by atoms with Crippen LogP contribution in [-0.4, -0.2) is 43.0 Å². The van der Waals surface area contributed by atoms with Crippen LogP contribution in [0.1, 0.15) is 24.8 Å². The number of benzene rings is 1. The second-order valence-electron chi connectivity index (χ2n) is 6.43. The van der Waals surface area contributed by atoms with Gasteiger partial charge in [0.2, 0.25) is 0 Å². The van der Waals surface area contributed by atoms with E-state index < -0.39 is 0 Å². The smallest absolute Gasteiger partial charge is 0.0406 e. The third-order valence-corrected chi connectivity index (χ3v) is 4.94. The van der Waals surface area contributed by atoms with Gasteiger partial charge in [0.25, 0.3) is 0 Å². The minimum absolute atomic E-state index is 0.569. The number of halogens is 1. The molecule has 0 saturated carbocycles. The predicted octanol–water partition coefficient (Wildman–Crippen LogP) is 3.26. The van der Waals surface area contributed by atoms with Crippen molar-refractivity contribution in [3.8, 4) is 0 Å². The van der Waals surface area contributed by atoms with E-state index in [1.54, 1.807) is 0 Å². The average Bonchev–Trinajstić information content (AvgIpc) is 2.75. The van der Waals surface area contributed by atoms with Gasteiger partial charge in [0.05, 0.1) is 0 Å². The van der Waals surface area contributed by atoms with Gasteiger partial charge in [-0.25, -0.2) is 0 Å². The number of likely N-dealkylation sites (tertiary alicyclic amines) is 2. The summed E-state index contributed by atoms with van der Waals surface area (Å²) in [6.07, 6.45) is 4.14. The molecule has 2 saturated heterocycles. The first-order chi connectivity index (χ1) is 9.15. The molecule has 0 bridgehead atoms. The molecule has 2 aliphatic heterocycles. The van der Waals surface area contributed by atoms with Gasteiger partial charge in [-0.1, -0.05) is 23.7 Å². The fraction of sp³-hybridized carbons (Fsp3) is 0.625. The Labute approximate surface area is 121 Å². The zero-order valence-electron chi connectivity index (χ0n) is 11.7. The molecule has 3 rings (SSSR count). The molecule has 0 aromatic heterocycles. The van der Waals surface area contributed by atoms with E-state index in [0.29, 0.717) is 5.41 Å². The normalized spacial score (nSPS) is 29.2. The standard InChI is InChI=1S/C16H23ClN2/c1-18-9-2-7-16(12-18)8-10-19(13-16)11-14-3-5-15(17)6-4-14/h3-6H,2,7-13H2,1H3. The third-order valence-electron chi connectivity index (χ3n) is 4.69. The Bertz CT molecular complexity index is 431. The Morgan fingerprint density at radius 2 is 1.89 bits per heavy atom. The summed E-state index contributed by atoms with van der Waals surface area (Å²) in [6.45, 7) is 6.14. The SMILES string of the molecule is CN1CCCC2(CCN(Cc3ccc(Cl)cc3)C2)C1. The molecule has 0 amide bonds. The molecule has 19 heavy (non-hydrogen) atoms. The summed E-state index contributed by atoms with van der Waals surface area (Å²) in [6, 6.07) is 8.30.